The van der Waals surface area contributed by atoms with Crippen LogP contribution in [0.2, 0.25) is 0 Å². The standard InChI is InChI=1S/C11H14O/c12-11-7-3-6-9-4-1-2-5-10(9)8-11/h1-2,4-6,10-12H,3,7-8H2. The number of hydrogen-bond donors (Lipinski definition) is 1. The van der Waals surface area contributed by atoms with E-state index >= 15 is 0 Å². The van der Waals surface area contributed by atoms with Gasteiger partial charge in [0, 0.05) is 5.92 Å². The number of hydrogen-bond acceptors (Lipinski definition) is 1. The largest absolute Gasteiger partial charge is 0.393 e. The third kappa shape index (κ3) is 1.51. The molecular formula is C11H14O. The molecule has 0 amide bonds. The molecule has 2 aliphatic rings. The lowest BCUT2D eigenvalue weighted by molar-refractivity contribution is 0.150. The van der Waals surface area contributed by atoms with E-state index in [1.54, 1.807) is 0 Å². The second-order valence-electron chi connectivity index (χ2n) is 3.52. The first-order valence-electron chi connectivity index (χ1n) is 4.59. The molecular weight excluding hydrogens is 148 g/mol. The van der Waals surface area contributed by atoms with Crippen molar-refractivity contribution >= 4 is 0 Å². The number of allylic oxidation sites excluding steroid dienone is 6. The first kappa shape index (κ1) is 7.81. The van der Waals surface area contributed by atoms with Crippen LogP contribution in [0.5, 0.6) is 0 Å². The van der Waals surface area contributed by atoms with E-state index < -0.39 is 0 Å². The van der Waals surface area contributed by atoms with Gasteiger partial charge in [0.15, 0.2) is 0 Å². The van der Waals surface area contributed by atoms with E-state index in [2.05, 4.69) is 30.4 Å². The molecule has 0 bridgehead atoms. The van der Waals surface area contributed by atoms with E-state index in [1.807, 2.05) is 0 Å². The summed E-state index contributed by atoms with van der Waals surface area (Å²) in [4.78, 5) is 0. The van der Waals surface area contributed by atoms with Crippen molar-refractivity contribution in [3.8, 4) is 0 Å². The monoisotopic (exact) mass is 162 g/mol. The van der Waals surface area contributed by atoms with Crippen LogP contribution in [0, 0.1) is 5.92 Å². The molecule has 1 heteroatoms. The summed E-state index contributed by atoms with van der Waals surface area (Å²) >= 11 is 0. The molecule has 0 radical (unpaired) electrons. The molecule has 0 aromatic rings. The summed E-state index contributed by atoms with van der Waals surface area (Å²) in [6.45, 7) is 0. The maximum absolute atomic E-state index is 9.54. The molecule has 0 aromatic carbocycles. The van der Waals surface area contributed by atoms with Gasteiger partial charge in [-0.15, -0.1) is 0 Å². The van der Waals surface area contributed by atoms with Crippen LogP contribution in [-0.2, 0) is 0 Å². The summed E-state index contributed by atoms with van der Waals surface area (Å²) in [5.74, 6) is 0.465. The molecule has 2 rings (SSSR count). The van der Waals surface area contributed by atoms with E-state index in [4.69, 9.17) is 0 Å². The number of aliphatic hydroxyl groups is 1. The van der Waals surface area contributed by atoms with Gasteiger partial charge in [0.2, 0.25) is 0 Å². The maximum atomic E-state index is 9.54. The summed E-state index contributed by atoms with van der Waals surface area (Å²) < 4.78 is 0. The maximum Gasteiger partial charge on any atom is 0.0552 e. The van der Waals surface area contributed by atoms with Crippen LogP contribution >= 0.6 is 0 Å². The summed E-state index contributed by atoms with van der Waals surface area (Å²) in [6, 6.07) is 0. The van der Waals surface area contributed by atoms with E-state index in [0.29, 0.717) is 5.92 Å². The van der Waals surface area contributed by atoms with Crippen LogP contribution in [0.1, 0.15) is 19.3 Å². The lowest BCUT2D eigenvalue weighted by Gasteiger charge is -2.16. The van der Waals surface area contributed by atoms with E-state index in [9.17, 15) is 5.11 Å². The summed E-state index contributed by atoms with van der Waals surface area (Å²) in [5.41, 5.74) is 1.38. The van der Waals surface area contributed by atoms with Crippen LogP contribution in [0.25, 0.3) is 0 Å². The van der Waals surface area contributed by atoms with Gasteiger partial charge in [-0.05, 0) is 24.8 Å². The van der Waals surface area contributed by atoms with Crippen LogP contribution < -0.4 is 0 Å². The Hall–Kier alpha value is -0.820. The normalized spacial score (nSPS) is 33.9. The minimum absolute atomic E-state index is 0.111. The van der Waals surface area contributed by atoms with E-state index in [1.165, 1.54) is 5.57 Å². The Morgan fingerprint density at radius 1 is 1.33 bits per heavy atom. The van der Waals surface area contributed by atoms with Crippen molar-refractivity contribution in [3.63, 3.8) is 0 Å². The quantitative estimate of drug-likeness (QED) is 0.579. The van der Waals surface area contributed by atoms with Crippen molar-refractivity contribution in [2.75, 3.05) is 0 Å². The highest BCUT2D eigenvalue weighted by Crippen LogP contribution is 2.28. The Morgan fingerprint density at radius 3 is 3.17 bits per heavy atom. The highest BCUT2D eigenvalue weighted by molar-refractivity contribution is 5.33. The van der Waals surface area contributed by atoms with Crippen molar-refractivity contribution in [1.82, 2.24) is 0 Å². The molecule has 1 N–H and O–H groups in total. The molecule has 2 atom stereocenters. The fraction of sp³-hybridized carbons (Fsp3) is 0.455. The van der Waals surface area contributed by atoms with Crippen molar-refractivity contribution in [1.29, 1.82) is 0 Å². The van der Waals surface area contributed by atoms with Gasteiger partial charge in [-0.3, -0.25) is 0 Å². The predicted molar refractivity (Wildman–Crippen MR) is 49.7 cm³/mol. The number of rotatable bonds is 0. The van der Waals surface area contributed by atoms with Crippen molar-refractivity contribution in [2.45, 2.75) is 25.4 Å². The van der Waals surface area contributed by atoms with Crippen LogP contribution in [0.15, 0.2) is 36.0 Å². The highest BCUT2D eigenvalue weighted by atomic mass is 16.3. The van der Waals surface area contributed by atoms with Crippen molar-refractivity contribution in [3.05, 3.63) is 36.0 Å². The lowest BCUT2D eigenvalue weighted by Crippen LogP contribution is -2.11. The summed E-state index contributed by atoms with van der Waals surface area (Å²) in [6.07, 6.45) is 13.4. The summed E-state index contributed by atoms with van der Waals surface area (Å²) in [7, 11) is 0. The molecule has 2 aliphatic carbocycles. The van der Waals surface area contributed by atoms with Gasteiger partial charge >= 0.3 is 0 Å². The van der Waals surface area contributed by atoms with Gasteiger partial charge in [0.1, 0.15) is 0 Å². The van der Waals surface area contributed by atoms with Crippen LogP contribution in [-0.4, -0.2) is 11.2 Å². The van der Waals surface area contributed by atoms with Gasteiger partial charge < -0.3 is 5.11 Å². The lowest BCUT2D eigenvalue weighted by atomic mass is 9.91. The number of fused-ring (bicyclic) bond motifs is 1. The zero-order valence-electron chi connectivity index (χ0n) is 7.11. The first-order valence-corrected chi connectivity index (χ1v) is 4.59. The Kier molecular flexibility index (Phi) is 2.13. The predicted octanol–water partition coefficient (Wildman–Crippen LogP) is 2.20. The van der Waals surface area contributed by atoms with E-state index in [0.717, 1.165) is 19.3 Å². The Morgan fingerprint density at radius 2 is 2.25 bits per heavy atom. The van der Waals surface area contributed by atoms with Gasteiger partial charge in [-0.1, -0.05) is 30.4 Å². The Balaban J connectivity index is 2.19. The highest BCUT2D eigenvalue weighted by Gasteiger charge is 2.18. The van der Waals surface area contributed by atoms with Crippen LogP contribution in [0.4, 0.5) is 0 Å². The van der Waals surface area contributed by atoms with Crippen molar-refractivity contribution < 1.29 is 5.11 Å². The molecule has 0 heterocycles. The molecule has 2 unspecified atom stereocenters. The van der Waals surface area contributed by atoms with Gasteiger partial charge in [-0.25, -0.2) is 0 Å². The molecule has 0 aromatic heterocycles. The van der Waals surface area contributed by atoms with Crippen molar-refractivity contribution in [2.24, 2.45) is 5.92 Å². The molecule has 0 fully saturated rings. The Bertz CT molecular complexity index is 248. The SMILES string of the molecule is OC1CCC=C2C=CC=CC2C1. The van der Waals surface area contributed by atoms with E-state index in [-0.39, 0.29) is 6.10 Å². The minimum atomic E-state index is -0.111. The fourth-order valence-corrected chi connectivity index (χ4v) is 1.89. The van der Waals surface area contributed by atoms with Gasteiger partial charge in [-0.2, -0.15) is 0 Å². The van der Waals surface area contributed by atoms with Crippen LogP contribution in [0.3, 0.4) is 0 Å². The molecule has 0 saturated carbocycles. The topological polar surface area (TPSA) is 20.2 Å². The zero-order chi connectivity index (χ0) is 8.39. The van der Waals surface area contributed by atoms with Gasteiger partial charge in [0.25, 0.3) is 0 Å². The second kappa shape index (κ2) is 3.28. The average molecular weight is 162 g/mol. The molecule has 0 spiro atoms. The molecule has 12 heavy (non-hydrogen) atoms. The number of aliphatic hydroxyl groups excluding tert-OH is 1. The molecule has 1 nitrogen and oxygen atoms in total. The molecule has 64 valence electrons. The van der Waals surface area contributed by atoms with Gasteiger partial charge in [0.05, 0.1) is 6.10 Å². The third-order valence-corrected chi connectivity index (χ3v) is 2.58. The fourth-order valence-electron chi connectivity index (χ4n) is 1.89. The first-order chi connectivity index (χ1) is 5.86. The summed E-state index contributed by atoms with van der Waals surface area (Å²) in [5, 5.41) is 9.54. The Labute approximate surface area is 73.1 Å². The molecule has 0 aliphatic heterocycles. The second-order valence-corrected chi connectivity index (χ2v) is 3.52. The minimum Gasteiger partial charge on any atom is -0.393 e. The molecule has 0 saturated heterocycles. The zero-order valence-corrected chi connectivity index (χ0v) is 7.11. The third-order valence-electron chi connectivity index (χ3n) is 2.58. The smallest absolute Gasteiger partial charge is 0.0552 e. The average Bonchev–Trinajstić information content (AvgIpc) is 2.25.